The van der Waals surface area contributed by atoms with Crippen molar-refractivity contribution in [3.05, 3.63) is 59.7 Å². The van der Waals surface area contributed by atoms with Gasteiger partial charge in [-0.15, -0.1) is 0 Å². The molecular formula is C15H8O2S2. The molecular weight excluding hydrogens is 276 g/mol. The Bertz CT molecular complexity index is 674. The van der Waals surface area contributed by atoms with Crippen LogP contribution in [0.2, 0.25) is 0 Å². The van der Waals surface area contributed by atoms with Crippen molar-refractivity contribution >= 4 is 35.1 Å². The average molecular weight is 284 g/mol. The summed E-state index contributed by atoms with van der Waals surface area (Å²) in [6, 6.07) is 14.9. The van der Waals surface area contributed by atoms with Crippen molar-refractivity contribution in [2.24, 2.45) is 0 Å². The molecule has 0 radical (unpaired) electrons. The van der Waals surface area contributed by atoms with Crippen molar-refractivity contribution < 1.29 is 9.59 Å². The molecule has 92 valence electrons. The van der Waals surface area contributed by atoms with Gasteiger partial charge in [0.25, 0.3) is 0 Å². The summed E-state index contributed by atoms with van der Waals surface area (Å²) in [4.78, 5) is 27.3. The van der Waals surface area contributed by atoms with E-state index in [9.17, 15) is 9.59 Å². The van der Waals surface area contributed by atoms with Crippen LogP contribution in [0, 0.1) is 0 Å². The van der Waals surface area contributed by atoms with Gasteiger partial charge >= 0.3 is 0 Å². The molecule has 0 aromatic heterocycles. The summed E-state index contributed by atoms with van der Waals surface area (Å²) in [6.07, 6.45) is 0. The van der Waals surface area contributed by atoms with E-state index in [0.717, 1.165) is 9.79 Å². The van der Waals surface area contributed by atoms with Gasteiger partial charge in [0.2, 0.25) is 0 Å². The quantitative estimate of drug-likeness (QED) is 0.691. The number of carbonyl (C=O) groups is 2. The number of fused-ring (bicyclic) bond motifs is 2. The molecule has 2 aromatic rings. The van der Waals surface area contributed by atoms with Gasteiger partial charge in [-0.1, -0.05) is 59.9 Å². The smallest absolute Gasteiger partial charge is 0.198 e. The minimum Gasteiger partial charge on any atom is -0.291 e. The molecule has 2 aromatic carbocycles. The normalized spacial score (nSPS) is 18.7. The molecule has 2 nitrogen and oxygen atoms in total. The maximum atomic E-state index is 12.6. The number of rotatable bonds is 0. The Labute approximate surface area is 118 Å². The third kappa shape index (κ3) is 1.36. The van der Waals surface area contributed by atoms with Crippen LogP contribution in [0.3, 0.4) is 0 Å². The van der Waals surface area contributed by atoms with E-state index in [2.05, 4.69) is 0 Å². The Morgan fingerprint density at radius 1 is 0.684 bits per heavy atom. The summed E-state index contributed by atoms with van der Waals surface area (Å²) >= 11 is 2.77. The third-order valence-electron chi connectivity index (χ3n) is 3.37. The molecule has 1 aliphatic heterocycles. The fraction of sp³-hybridized carbons (Fsp3) is 0.0667. The van der Waals surface area contributed by atoms with E-state index >= 15 is 0 Å². The fourth-order valence-corrected chi connectivity index (χ4v) is 5.49. The zero-order valence-electron chi connectivity index (χ0n) is 9.75. The summed E-state index contributed by atoms with van der Waals surface area (Å²) < 4.78 is -1.02. The van der Waals surface area contributed by atoms with Gasteiger partial charge in [-0.2, -0.15) is 0 Å². The van der Waals surface area contributed by atoms with E-state index in [-0.39, 0.29) is 11.6 Å². The molecule has 0 saturated carbocycles. The molecule has 1 spiro atoms. The van der Waals surface area contributed by atoms with Crippen LogP contribution in [-0.2, 0) is 0 Å². The second-order valence-corrected chi connectivity index (χ2v) is 7.24. The van der Waals surface area contributed by atoms with Crippen LogP contribution in [0.1, 0.15) is 20.7 Å². The molecule has 0 N–H and O–H groups in total. The zero-order chi connectivity index (χ0) is 13.0. The number of ketones is 2. The van der Waals surface area contributed by atoms with Crippen molar-refractivity contribution in [1.82, 2.24) is 0 Å². The van der Waals surface area contributed by atoms with Gasteiger partial charge in [0, 0.05) is 20.9 Å². The number of hydrogen-bond acceptors (Lipinski definition) is 4. The van der Waals surface area contributed by atoms with Crippen molar-refractivity contribution in [2.75, 3.05) is 0 Å². The summed E-state index contributed by atoms with van der Waals surface area (Å²) in [5.41, 5.74) is 1.11. The van der Waals surface area contributed by atoms with Crippen molar-refractivity contribution in [3.63, 3.8) is 0 Å². The zero-order valence-corrected chi connectivity index (χ0v) is 11.4. The lowest BCUT2D eigenvalue weighted by Gasteiger charge is -2.16. The van der Waals surface area contributed by atoms with Crippen LogP contribution in [0.5, 0.6) is 0 Å². The molecule has 1 aliphatic carbocycles. The Hall–Kier alpha value is -1.52. The summed E-state index contributed by atoms with van der Waals surface area (Å²) in [5, 5.41) is 0. The van der Waals surface area contributed by atoms with E-state index in [0.29, 0.717) is 11.1 Å². The van der Waals surface area contributed by atoms with Gasteiger partial charge in [-0.25, -0.2) is 0 Å². The molecule has 0 atom stereocenters. The first-order valence-corrected chi connectivity index (χ1v) is 7.51. The molecule has 19 heavy (non-hydrogen) atoms. The maximum absolute atomic E-state index is 12.6. The molecule has 4 rings (SSSR count). The van der Waals surface area contributed by atoms with Gasteiger partial charge in [-0.05, 0) is 12.1 Å². The van der Waals surface area contributed by atoms with Crippen LogP contribution in [-0.4, -0.2) is 15.6 Å². The lowest BCUT2D eigenvalue weighted by atomic mass is 10.1. The van der Waals surface area contributed by atoms with Gasteiger partial charge in [-0.3, -0.25) is 9.59 Å². The van der Waals surface area contributed by atoms with Crippen molar-refractivity contribution in [2.45, 2.75) is 13.9 Å². The second-order valence-electron chi connectivity index (χ2n) is 4.47. The first-order chi connectivity index (χ1) is 9.22. The first-order valence-electron chi connectivity index (χ1n) is 5.88. The number of hydrogen-bond donors (Lipinski definition) is 0. The van der Waals surface area contributed by atoms with E-state index in [1.165, 1.54) is 23.5 Å². The SMILES string of the molecule is O=C1c2ccccc2C(=O)C12Sc1ccccc1S2. The van der Waals surface area contributed by atoms with Crippen LogP contribution in [0.25, 0.3) is 0 Å². The number of benzene rings is 2. The van der Waals surface area contributed by atoms with Crippen LogP contribution >= 0.6 is 23.5 Å². The van der Waals surface area contributed by atoms with E-state index in [1.54, 1.807) is 24.3 Å². The van der Waals surface area contributed by atoms with Crippen LogP contribution in [0.4, 0.5) is 0 Å². The van der Waals surface area contributed by atoms with Crippen LogP contribution in [0.15, 0.2) is 58.3 Å². The Balaban J connectivity index is 1.89. The van der Waals surface area contributed by atoms with Crippen molar-refractivity contribution in [1.29, 1.82) is 0 Å². The molecule has 0 bridgehead atoms. The largest absolute Gasteiger partial charge is 0.291 e. The van der Waals surface area contributed by atoms with Gasteiger partial charge in [0.05, 0.1) is 0 Å². The highest BCUT2D eigenvalue weighted by Gasteiger charge is 2.57. The molecule has 0 unspecified atom stereocenters. The minimum atomic E-state index is -1.02. The molecule has 4 heteroatoms. The second kappa shape index (κ2) is 3.74. The lowest BCUT2D eigenvalue weighted by Crippen LogP contribution is -2.31. The third-order valence-corrected chi connectivity index (χ3v) is 6.47. The van der Waals surface area contributed by atoms with Gasteiger partial charge < -0.3 is 0 Å². The summed E-state index contributed by atoms with van der Waals surface area (Å²) in [7, 11) is 0. The Morgan fingerprint density at radius 2 is 1.11 bits per heavy atom. The fourth-order valence-electron chi connectivity index (χ4n) is 2.47. The highest BCUT2D eigenvalue weighted by molar-refractivity contribution is 8.23. The minimum absolute atomic E-state index is 0.0701. The first kappa shape index (κ1) is 11.3. The molecule has 0 amide bonds. The van der Waals surface area contributed by atoms with Gasteiger partial charge in [0.15, 0.2) is 15.6 Å². The average Bonchev–Trinajstić information content (AvgIpc) is 2.93. The lowest BCUT2D eigenvalue weighted by molar-refractivity contribution is 0.0917. The Morgan fingerprint density at radius 3 is 1.58 bits per heavy atom. The monoisotopic (exact) mass is 284 g/mol. The molecule has 0 saturated heterocycles. The Kier molecular flexibility index (Phi) is 2.23. The summed E-state index contributed by atoms with van der Waals surface area (Å²) in [6.45, 7) is 0. The predicted molar refractivity (Wildman–Crippen MR) is 76.0 cm³/mol. The highest BCUT2D eigenvalue weighted by Crippen LogP contribution is 2.60. The van der Waals surface area contributed by atoms with Gasteiger partial charge in [0.1, 0.15) is 0 Å². The number of carbonyl (C=O) groups excluding carboxylic acids is 2. The topological polar surface area (TPSA) is 34.1 Å². The maximum Gasteiger partial charge on any atom is 0.198 e. The molecule has 2 aliphatic rings. The molecule has 0 fully saturated rings. The number of thioether (sulfide) groups is 2. The predicted octanol–water partition coefficient (Wildman–Crippen LogP) is 3.66. The van der Waals surface area contributed by atoms with Crippen LogP contribution < -0.4 is 0 Å². The highest BCUT2D eigenvalue weighted by atomic mass is 32.2. The summed E-state index contributed by atoms with van der Waals surface area (Å²) in [5.74, 6) is -0.140. The van der Waals surface area contributed by atoms with E-state index in [1.807, 2.05) is 24.3 Å². The van der Waals surface area contributed by atoms with Crippen molar-refractivity contribution in [3.8, 4) is 0 Å². The van der Waals surface area contributed by atoms with E-state index < -0.39 is 4.08 Å². The number of Topliss-reactive ketones (excluding diaryl/α,β-unsaturated/α-hetero) is 2. The molecule has 1 heterocycles. The van der Waals surface area contributed by atoms with E-state index in [4.69, 9.17) is 0 Å². The standard InChI is InChI=1S/C15H8O2S2/c16-13-9-5-1-2-6-10(9)14(17)15(13)18-11-7-3-4-8-12(11)19-15/h1-8H.